The highest BCUT2D eigenvalue weighted by atomic mass is 16.2. The largest absolute Gasteiger partial charge is 0.340 e. The van der Waals surface area contributed by atoms with Gasteiger partial charge in [-0.1, -0.05) is 24.3 Å². The third-order valence-corrected chi connectivity index (χ3v) is 5.89. The molecule has 3 rings (SSSR count). The van der Waals surface area contributed by atoms with Crippen LogP contribution >= 0.6 is 0 Å². The molecule has 144 valence electrons. The molecule has 26 heavy (non-hydrogen) atoms. The van der Waals surface area contributed by atoms with Gasteiger partial charge in [-0.05, 0) is 70.3 Å². The Morgan fingerprint density at radius 3 is 2.54 bits per heavy atom. The molecule has 0 bridgehead atoms. The maximum Gasteiger partial charge on any atom is 0.222 e. The number of nitrogens with zero attached hydrogens (tertiary/aromatic N) is 3. The van der Waals surface area contributed by atoms with Crippen molar-refractivity contribution >= 4 is 5.91 Å². The number of carbonyl (C=O) groups is 1. The topological polar surface area (TPSA) is 26.8 Å². The van der Waals surface area contributed by atoms with Crippen LogP contribution in [-0.4, -0.2) is 59.9 Å². The highest BCUT2D eigenvalue weighted by Crippen LogP contribution is 2.22. The Kier molecular flexibility index (Phi) is 6.71. The molecular formula is C22H35N3O. The van der Waals surface area contributed by atoms with E-state index in [4.69, 9.17) is 0 Å². The fourth-order valence-corrected chi connectivity index (χ4v) is 4.43. The predicted octanol–water partition coefficient (Wildman–Crippen LogP) is 3.36. The van der Waals surface area contributed by atoms with Gasteiger partial charge >= 0.3 is 0 Å². The van der Waals surface area contributed by atoms with Crippen molar-refractivity contribution in [3.8, 4) is 0 Å². The van der Waals surface area contributed by atoms with Crippen LogP contribution in [0.2, 0.25) is 0 Å². The Morgan fingerprint density at radius 2 is 1.85 bits per heavy atom. The summed E-state index contributed by atoms with van der Waals surface area (Å²) in [6.07, 6.45) is 4.42. The summed E-state index contributed by atoms with van der Waals surface area (Å²) in [4.78, 5) is 19.2. The zero-order chi connectivity index (χ0) is 18.5. The van der Waals surface area contributed by atoms with Gasteiger partial charge in [0, 0.05) is 38.6 Å². The van der Waals surface area contributed by atoms with Gasteiger partial charge in [-0.3, -0.25) is 9.69 Å². The normalized spacial score (nSPS) is 22.0. The van der Waals surface area contributed by atoms with Crippen molar-refractivity contribution in [3.05, 3.63) is 35.4 Å². The van der Waals surface area contributed by atoms with E-state index in [1.54, 1.807) is 0 Å². The highest BCUT2D eigenvalue weighted by molar-refractivity contribution is 5.77. The van der Waals surface area contributed by atoms with Crippen LogP contribution in [0.15, 0.2) is 24.3 Å². The summed E-state index contributed by atoms with van der Waals surface area (Å²) in [5, 5.41) is 0. The SMILES string of the molecule is CC(C)N1CC(CN(C)Cc2ccccc2CN2CCCC2)CCC1=O. The molecular weight excluding hydrogens is 322 g/mol. The van der Waals surface area contributed by atoms with Gasteiger partial charge in [0.15, 0.2) is 0 Å². The highest BCUT2D eigenvalue weighted by Gasteiger charge is 2.28. The molecule has 2 aliphatic heterocycles. The Morgan fingerprint density at radius 1 is 1.15 bits per heavy atom. The lowest BCUT2D eigenvalue weighted by molar-refractivity contribution is -0.136. The van der Waals surface area contributed by atoms with Crippen LogP contribution < -0.4 is 0 Å². The van der Waals surface area contributed by atoms with E-state index in [1.165, 1.54) is 37.1 Å². The second kappa shape index (κ2) is 9.01. The second-order valence-corrected chi connectivity index (χ2v) is 8.49. The molecule has 0 radical (unpaired) electrons. The molecule has 0 N–H and O–H groups in total. The molecule has 1 aromatic rings. The van der Waals surface area contributed by atoms with Crippen molar-refractivity contribution in [2.24, 2.45) is 5.92 Å². The monoisotopic (exact) mass is 357 g/mol. The maximum atomic E-state index is 12.1. The lowest BCUT2D eigenvalue weighted by Crippen LogP contribution is -2.46. The average Bonchev–Trinajstić information content (AvgIpc) is 3.11. The summed E-state index contributed by atoms with van der Waals surface area (Å²) in [7, 11) is 2.22. The minimum atomic E-state index is 0.316. The first-order chi connectivity index (χ1) is 12.5. The summed E-state index contributed by atoms with van der Waals surface area (Å²) in [6.45, 7) is 10.8. The minimum Gasteiger partial charge on any atom is -0.340 e. The number of rotatable bonds is 7. The lowest BCUT2D eigenvalue weighted by atomic mass is 9.95. The Labute approximate surface area is 159 Å². The molecule has 1 atom stereocenters. The van der Waals surface area contributed by atoms with Gasteiger partial charge in [0.25, 0.3) is 0 Å². The molecule has 1 amide bonds. The number of benzene rings is 1. The van der Waals surface area contributed by atoms with Crippen molar-refractivity contribution in [1.29, 1.82) is 0 Å². The van der Waals surface area contributed by atoms with Gasteiger partial charge in [0.05, 0.1) is 0 Å². The van der Waals surface area contributed by atoms with Crippen molar-refractivity contribution in [1.82, 2.24) is 14.7 Å². The van der Waals surface area contributed by atoms with Crippen LogP contribution in [0, 0.1) is 5.92 Å². The molecule has 2 aliphatic rings. The number of carbonyl (C=O) groups excluding carboxylic acids is 1. The molecule has 0 saturated carbocycles. The fourth-order valence-electron chi connectivity index (χ4n) is 4.43. The number of hydrogen-bond acceptors (Lipinski definition) is 3. The van der Waals surface area contributed by atoms with Crippen LogP contribution in [0.25, 0.3) is 0 Å². The van der Waals surface area contributed by atoms with Crippen LogP contribution in [0.4, 0.5) is 0 Å². The Balaban J connectivity index is 1.56. The Hall–Kier alpha value is -1.39. The molecule has 4 heteroatoms. The third-order valence-electron chi connectivity index (χ3n) is 5.89. The first-order valence-corrected chi connectivity index (χ1v) is 10.3. The molecule has 4 nitrogen and oxygen atoms in total. The minimum absolute atomic E-state index is 0.316. The van der Waals surface area contributed by atoms with Crippen LogP contribution in [0.3, 0.4) is 0 Å². The summed E-state index contributed by atoms with van der Waals surface area (Å²) in [5.74, 6) is 0.917. The van der Waals surface area contributed by atoms with E-state index in [9.17, 15) is 4.79 Å². The third kappa shape index (κ3) is 5.08. The molecule has 2 saturated heterocycles. The van der Waals surface area contributed by atoms with Crippen molar-refractivity contribution in [2.45, 2.75) is 58.7 Å². The molecule has 0 aromatic heterocycles. The zero-order valence-electron chi connectivity index (χ0n) is 16.8. The van der Waals surface area contributed by atoms with E-state index >= 15 is 0 Å². The van der Waals surface area contributed by atoms with E-state index in [2.05, 4.69) is 59.9 Å². The first kappa shape index (κ1) is 19.4. The molecule has 0 spiro atoms. The van der Waals surface area contributed by atoms with E-state index in [1.807, 2.05) is 0 Å². The molecule has 0 aliphatic carbocycles. The van der Waals surface area contributed by atoms with E-state index < -0.39 is 0 Å². The number of hydrogen-bond donors (Lipinski definition) is 0. The van der Waals surface area contributed by atoms with Crippen LogP contribution in [0.1, 0.15) is 50.7 Å². The van der Waals surface area contributed by atoms with Crippen LogP contribution in [0.5, 0.6) is 0 Å². The van der Waals surface area contributed by atoms with Gasteiger partial charge in [-0.25, -0.2) is 0 Å². The van der Waals surface area contributed by atoms with Crippen LogP contribution in [-0.2, 0) is 17.9 Å². The van der Waals surface area contributed by atoms with Gasteiger partial charge in [0.1, 0.15) is 0 Å². The zero-order valence-corrected chi connectivity index (χ0v) is 16.8. The lowest BCUT2D eigenvalue weighted by Gasteiger charge is -2.37. The van der Waals surface area contributed by atoms with Crippen molar-refractivity contribution < 1.29 is 4.79 Å². The first-order valence-electron chi connectivity index (χ1n) is 10.3. The fraction of sp³-hybridized carbons (Fsp3) is 0.682. The molecule has 2 fully saturated rings. The predicted molar refractivity (Wildman–Crippen MR) is 107 cm³/mol. The van der Waals surface area contributed by atoms with E-state index in [-0.39, 0.29) is 0 Å². The van der Waals surface area contributed by atoms with Gasteiger partial charge in [0.2, 0.25) is 5.91 Å². The Bertz CT molecular complexity index is 595. The quantitative estimate of drug-likeness (QED) is 0.749. The van der Waals surface area contributed by atoms with Gasteiger partial charge in [-0.2, -0.15) is 0 Å². The molecule has 1 aromatic carbocycles. The summed E-state index contributed by atoms with van der Waals surface area (Å²) < 4.78 is 0. The number of likely N-dealkylation sites (tertiary alicyclic amines) is 2. The maximum absolute atomic E-state index is 12.1. The summed E-state index contributed by atoms with van der Waals surface area (Å²) in [5.41, 5.74) is 2.93. The van der Waals surface area contributed by atoms with Gasteiger partial charge in [-0.15, -0.1) is 0 Å². The summed E-state index contributed by atoms with van der Waals surface area (Å²) >= 11 is 0. The average molecular weight is 358 g/mol. The number of amides is 1. The van der Waals surface area contributed by atoms with E-state index in [0.717, 1.165) is 32.6 Å². The van der Waals surface area contributed by atoms with E-state index in [0.29, 0.717) is 24.3 Å². The van der Waals surface area contributed by atoms with Crippen molar-refractivity contribution in [2.75, 3.05) is 33.2 Å². The smallest absolute Gasteiger partial charge is 0.222 e. The standard InChI is InChI=1S/C22H35N3O/c1-18(2)25-15-19(10-11-22(25)26)14-23(3)16-20-8-4-5-9-21(20)17-24-12-6-7-13-24/h4-5,8-9,18-19H,6-7,10-17H2,1-3H3. The molecule has 1 unspecified atom stereocenters. The number of piperidine rings is 1. The van der Waals surface area contributed by atoms with Crippen molar-refractivity contribution in [3.63, 3.8) is 0 Å². The van der Waals surface area contributed by atoms with Gasteiger partial charge < -0.3 is 9.80 Å². The second-order valence-electron chi connectivity index (χ2n) is 8.49. The molecule has 2 heterocycles. The summed E-state index contributed by atoms with van der Waals surface area (Å²) in [6, 6.07) is 9.23.